The molecule has 0 radical (unpaired) electrons. The third-order valence-corrected chi connectivity index (χ3v) is 3.18. The summed E-state index contributed by atoms with van der Waals surface area (Å²) in [5.41, 5.74) is 0.961. The summed E-state index contributed by atoms with van der Waals surface area (Å²) in [6.45, 7) is 2.45. The highest BCUT2D eigenvalue weighted by Gasteiger charge is 2.18. The van der Waals surface area contributed by atoms with Crippen LogP contribution in [0.1, 0.15) is 12.5 Å². The van der Waals surface area contributed by atoms with Gasteiger partial charge in [0, 0.05) is 24.2 Å². The number of rotatable bonds is 5. The molecule has 0 unspecified atom stereocenters. The van der Waals surface area contributed by atoms with Crippen LogP contribution in [-0.2, 0) is 11.3 Å². The van der Waals surface area contributed by atoms with Crippen molar-refractivity contribution in [2.24, 2.45) is 0 Å². The van der Waals surface area contributed by atoms with Crippen LogP contribution in [0, 0.1) is 0 Å². The molecule has 1 aromatic rings. The summed E-state index contributed by atoms with van der Waals surface area (Å²) in [5, 5.41) is 3.29. The van der Waals surface area contributed by atoms with Gasteiger partial charge < -0.3 is 10.1 Å². The third kappa shape index (κ3) is 3.62. The summed E-state index contributed by atoms with van der Waals surface area (Å²) in [5.74, 6) is 0.758. The first kappa shape index (κ1) is 14.8. The molecule has 0 fully saturated rings. The summed E-state index contributed by atoms with van der Waals surface area (Å²) in [4.78, 5) is 13.5. The minimum atomic E-state index is -0.210. The smallest absolute Gasteiger partial charge is 0.236 e. The number of nitrogens with one attached hydrogen (secondary N) is 1. The van der Waals surface area contributed by atoms with Crippen molar-refractivity contribution in [2.75, 3.05) is 21.2 Å². The Hall–Kier alpha value is -1.26. The number of halogens is 1. The van der Waals surface area contributed by atoms with Crippen molar-refractivity contribution in [1.29, 1.82) is 0 Å². The van der Waals surface area contributed by atoms with E-state index in [1.807, 2.05) is 31.0 Å². The number of carbonyl (C=O) groups excluding carboxylic acids is 1. The van der Waals surface area contributed by atoms with Gasteiger partial charge in [0.1, 0.15) is 5.75 Å². The summed E-state index contributed by atoms with van der Waals surface area (Å²) in [7, 11) is 5.14. The van der Waals surface area contributed by atoms with Gasteiger partial charge in [0.05, 0.1) is 13.2 Å². The lowest BCUT2D eigenvalue weighted by Gasteiger charge is -2.24. The van der Waals surface area contributed by atoms with Crippen molar-refractivity contribution in [1.82, 2.24) is 10.2 Å². The number of hydrogen-bond acceptors (Lipinski definition) is 3. The van der Waals surface area contributed by atoms with Gasteiger partial charge in [0.25, 0.3) is 0 Å². The number of carbonyl (C=O) groups is 1. The number of amides is 1. The maximum Gasteiger partial charge on any atom is 0.236 e. The second-order valence-electron chi connectivity index (χ2n) is 4.16. The van der Waals surface area contributed by atoms with Crippen molar-refractivity contribution in [3.05, 3.63) is 28.8 Å². The highest BCUT2D eigenvalue weighted by atomic mass is 35.5. The molecule has 0 bridgehead atoms. The minimum absolute atomic E-state index is 0.0153. The number of ether oxygens (including phenoxy) is 1. The molecule has 0 saturated carbocycles. The average molecular weight is 271 g/mol. The molecule has 1 amide bonds. The van der Waals surface area contributed by atoms with E-state index in [2.05, 4.69) is 5.32 Å². The molecule has 0 aliphatic heterocycles. The quantitative estimate of drug-likeness (QED) is 0.889. The lowest BCUT2D eigenvalue weighted by atomic mass is 10.1. The molecule has 1 N–H and O–H groups in total. The summed E-state index contributed by atoms with van der Waals surface area (Å²) in [6.07, 6.45) is 0. The largest absolute Gasteiger partial charge is 0.496 e. The summed E-state index contributed by atoms with van der Waals surface area (Å²) in [6, 6.07) is 5.26. The molecule has 1 atom stereocenters. The van der Waals surface area contributed by atoms with Crippen LogP contribution in [0.5, 0.6) is 5.75 Å². The van der Waals surface area contributed by atoms with Crippen molar-refractivity contribution >= 4 is 17.5 Å². The molecular weight excluding hydrogens is 252 g/mol. The minimum Gasteiger partial charge on any atom is -0.496 e. The Kier molecular flexibility index (Phi) is 5.44. The van der Waals surface area contributed by atoms with E-state index in [0.29, 0.717) is 11.6 Å². The van der Waals surface area contributed by atoms with Gasteiger partial charge in [0.15, 0.2) is 0 Å². The van der Waals surface area contributed by atoms with E-state index in [1.54, 1.807) is 20.2 Å². The molecule has 1 aromatic carbocycles. The fourth-order valence-corrected chi connectivity index (χ4v) is 1.88. The average Bonchev–Trinajstić information content (AvgIpc) is 2.37. The fourth-order valence-electron chi connectivity index (χ4n) is 1.69. The molecule has 0 aliphatic carbocycles. The third-order valence-electron chi connectivity index (χ3n) is 2.95. The Morgan fingerprint density at radius 3 is 2.78 bits per heavy atom. The van der Waals surface area contributed by atoms with Crippen LogP contribution in [-0.4, -0.2) is 38.1 Å². The van der Waals surface area contributed by atoms with Gasteiger partial charge in [-0.3, -0.25) is 9.69 Å². The Bertz CT molecular complexity index is 423. The lowest BCUT2D eigenvalue weighted by molar-refractivity contribution is -0.125. The number of hydrogen-bond donors (Lipinski definition) is 1. The van der Waals surface area contributed by atoms with Crippen LogP contribution in [0.25, 0.3) is 0 Å². The number of methoxy groups -OCH3 is 1. The Morgan fingerprint density at radius 2 is 2.22 bits per heavy atom. The molecule has 4 nitrogen and oxygen atoms in total. The Labute approximate surface area is 113 Å². The van der Waals surface area contributed by atoms with Crippen LogP contribution in [0.15, 0.2) is 18.2 Å². The van der Waals surface area contributed by atoms with Crippen LogP contribution in [0.4, 0.5) is 0 Å². The first-order valence-corrected chi connectivity index (χ1v) is 6.11. The van der Waals surface area contributed by atoms with E-state index in [0.717, 1.165) is 11.3 Å². The molecule has 1 rings (SSSR count). The SMILES string of the molecule is CNC(=O)[C@H](C)N(C)Cc1cc(Cl)ccc1OC. The van der Waals surface area contributed by atoms with Crippen LogP contribution in [0.3, 0.4) is 0 Å². The molecule has 100 valence electrons. The van der Waals surface area contributed by atoms with E-state index in [-0.39, 0.29) is 11.9 Å². The van der Waals surface area contributed by atoms with Crippen molar-refractivity contribution in [3.63, 3.8) is 0 Å². The first-order chi connectivity index (χ1) is 8.49. The van der Waals surface area contributed by atoms with Gasteiger partial charge in [-0.2, -0.15) is 0 Å². The molecule has 0 spiro atoms. The van der Waals surface area contributed by atoms with Crippen molar-refractivity contribution < 1.29 is 9.53 Å². The first-order valence-electron chi connectivity index (χ1n) is 5.73. The second-order valence-corrected chi connectivity index (χ2v) is 4.60. The van der Waals surface area contributed by atoms with Gasteiger partial charge in [-0.25, -0.2) is 0 Å². The van der Waals surface area contributed by atoms with E-state index < -0.39 is 0 Å². The zero-order chi connectivity index (χ0) is 13.7. The highest BCUT2D eigenvalue weighted by molar-refractivity contribution is 6.30. The van der Waals surface area contributed by atoms with E-state index in [9.17, 15) is 4.79 Å². The predicted molar refractivity (Wildman–Crippen MR) is 73.0 cm³/mol. The molecule has 0 aromatic heterocycles. The van der Waals surface area contributed by atoms with Gasteiger partial charge in [-0.15, -0.1) is 0 Å². The summed E-state index contributed by atoms with van der Waals surface area (Å²) < 4.78 is 5.28. The monoisotopic (exact) mass is 270 g/mol. The summed E-state index contributed by atoms with van der Waals surface area (Å²) >= 11 is 5.97. The van der Waals surface area contributed by atoms with E-state index >= 15 is 0 Å². The predicted octanol–water partition coefficient (Wildman–Crippen LogP) is 1.91. The number of benzene rings is 1. The standard InChI is InChI=1S/C13H19ClN2O2/c1-9(13(17)15-2)16(3)8-10-7-11(14)5-6-12(10)18-4/h5-7,9H,8H2,1-4H3,(H,15,17)/t9-/m0/s1. The molecule has 5 heteroatoms. The zero-order valence-electron chi connectivity index (χ0n) is 11.2. The van der Waals surface area contributed by atoms with E-state index in [4.69, 9.17) is 16.3 Å². The molecule has 0 saturated heterocycles. The number of likely N-dealkylation sites (N-methyl/N-ethyl adjacent to an activating group) is 2. The topological polar surface area (TPSA) is 41.6 Å². The van der Waals surface area contributed by atoms with Crippen LogP contribution >= 0.6 is 11.6 Å². The molecule has 0 heterocycles. The molecular formula is C13H19ClN2O2. The fraction of sp³-hybridized carbons (Fsp3) is 0.462. The van der Waals surface area contributed by atoms with Gasteiger partial charge in [-0.1, -0.05) is 11.6 Å². The molecule has 0 aliphatic rings. The van der Waals surface area contributed by atoms with Crippen LogP contribution in [0.2, 0.25) is 5.02 Å². The highest BCUT2D eigenvalue weighted by Crippen LogP contribution is 2.24. The van der Waals surface area contributed by atoms with Crippen molar-refractivity contribution in [2.45, 2.75) is 19.5 Å². The lowest BCUT2D eigenvalue weighted by Crippen LogP contribution is -2.41. The maximum absolute atomic E-state index is 11.6. The van der Waals surface area contributed by atoms with Gasteiger partial charge in [0.2, 0.25) is 5.91 Å². The van der Waals surface area contributed by atoms with E-state index in [1.165, 1.54) is 0 Å². The Morgan fingerprint density at radius 1 is 1.56 bits per heavy atom. The van der Waals surface area contributed by atoms with Gasteiger partial charge in [-0.05, 0) is 32.2 Å². The molecule has 18 heavy (non-hydrogen) atoms. The second kappa shape index (κ2) is 6.61. The van der Waals surface area contributed by atoms with Gasteiger partial charge >= 0.3 is 0 Å². The van der Waals surface area contributed by atoms with Crippen molar-refractivity contribution in [3.8, 4) is 5.75 Å². The number of nitrogens with zero attached hydrogens (tertiary/aromatic N) is 1. The Balaban J connectivity index is 2.83. The normalized spacial score (nSPS) is 12.3. The maximum atomic E-state index is 11.6. The van der Waals surface area contributed by atoms with Crippen LogP contribution < -0.4 is 10.1 Å². The zero-order valence-corrected chi connectivity index (χ0v) is 11.9.